The van der Waals surface area contributed by atoms with E-state index in [1.807, 2.05) is 0 Å². The molecule has 0 unspecified atom stereocenters. The molecule has 6 nitrogen and oxygen atoms in total. The highest BCUT2D eigenvalue weighted by molar-refractivity contribution is 8.00. The third kappa shape index (κ3) is 8.19. The van der Waals surface area contributed by atoms with E-state index in [1.165, 1.54) is 36.0 Å². The fourth-order valence-corrected chi connectivity index (χ4v) is 4.61. The highest BCUT2D eigenvalue weighted by Gasteiger charge is 2.16. The maximum absolute atomic E-state index is 13.7. The molecule has 10 heteroatoms. The second-order valence-corrected chi connectivity index (χ2v) is 10.2. The van der Waals surface area contributed by atoms with Gasteiger partial charge in [-0.2, -0.15) is 0 Å². The summed E-state index contributed by atoms with van der Waals surface area (Å²) in [5, 5.41) is 8.70. The topological polar surface area (TPSA) is 87.3 Å². The van der Waals surface area contributed by atoms with Crippen molar-refractivity contribution in [1.82, 2.24) is 5.32 Å². The first-order valence-corrected chi connectivity index (χ1v) is 13.6. The number of hydrogen-bond acceptors (Lipinski definition) is 4. The van der Waals surface area contributed by atoms with Crippen LogP contribution in [0, 0.1) is 5.82 Å². The summed E-state index contributed by atoms with van der Waals surface area (Å²) >= 11 is 13.5. The quantitative estimate of drug-likeness (QED) is 0.141. The zero-order valence-electron chi connectivity index (χ0n) is 20.8. The van der Waals surface area contributed by atoms with Crippen molar-refractivity contribution in [3.63, 3.8) is 0 Å². The summed E-state index contributed by atoms with van der Waals surface area (Å²) in [7, 11) is 0. The maximum Gasteiger partial charge on any atom is 0.272 e. The molecule has 0 aromatic heterocycles. The van der Waals surface area contributed by atoms with E-state index in [0.29, 0.717) is 26.9 Å². The molecule has 4 rings (SSSR count). The first-order chi connectivity index (χ1) is 19.3. The number of benzene rings is 4. The van der Waals surface area contributed by atoms with Gasteiger partial charge in [0.15, 0.2) is 0 Å². The van der Waals surface area contributed by atoms with E-state index in [9.17, 15) is 18.8 Å². The number of thioether (sulfide) groups is 1. The molecule has 0 aliphatic rings. The van der Waals surface area contributed by atoms with Crippen LogP contribution >= 0.6 is 35.0 Å². The molecule has 0 atom stereocenters. The van der Waals surface area contributed by atoms with Crippen LogP contribution in [0.5, 0.6) is 0 Å². The molecule has 3 N–H and O–H groups in total. The maximum atomic E-state index is 13.7. The molecule has 0 bridgehead atoms. The van der Waals surface area contributed by atoms with E-state index in [0.717, 1.165) is 4.90 Å². The highest BCUT2D eigenvalue weighted by Crippen LogP contribution is 2.24. The molecule has 202 valence electrons. The Kier molecular flexibility index (Phi) is 9.96. The number of amides is 3. The third-order valence-corrected chi connectivity index (χ3v) is 7.00. The van der Waals surface area contributed by atoms with Crippen molar-refractivity contribution in [2.24, 2.45) is 0 Å². The number of carbonyl (C=O) groups is 3. The average Bonchev–Trinajstić information content (AvgIpc) is 2.95. The molecule has 0 heterocycles. The molecule has 0 fully saturated rings. The minimum atomic E-state index is -0.569. The van der Waals surface area contributed by atoms with E-state index in [1.54, 1.807) is 78.9 Å². The minimum Gasteiger partial charge on any atom is -0.323 e. The second kappa shape index (κ2) is 13.8. The van der Waals surface area contributed by atoms with E-state index < -0.39 is 17.6 Å². The van der Waals surface area contributed by atoms with Crippen LogP contribution in [0.25, 0.3) is 6.08 Å². The van der Waals surface area contributed by atoms with E-state index >= 15 is 0 Å². The van der Waals surface area contributed by atoms with Crippen LogP contribution in [0.3, 0.4) is 0 Å². The van der Waals surface area contributed by atoms with Gasteiger partial charge in [0, 0.05) is 26.2 Å². The largest absolute Gasteiger partial charge is 0.323 e. The number of carbonyl (C=O) groups excluding carboxylic acids is 3. The number of nitrogens with one attached hydrogen (secondary N) is 3. The smallest absolute Gasteiger partial charge is 0.272 e. The van der Waals surface area contributed by atoms with Crippen LogP contribution in [0.15, 0.2) is 108 Å². The molecular weight excluding hydrogens is 572 g/mol. The minimum absolute atomic E-state index is 0.0265. The summed E-state index contributed by atoms with van der Waals surface area (Å²) in [6.07, 6.45) is 1.47. The van der Waals surface area contributed by atoms with Gasteiger partial charge in [-0.25, -0.2) is 4.39 Å². The predicted molar refractivity (Wildman–Crippen MR) is 159 cm³/mol. The molecule has 0 radical (unpaired) electrons. The molecule has 0 saturated carbocycles. The van der Waals surface area contributed by atoms with Gasteiger partial charge in [0.2, 0.25) is 5.91 Å². The van der Waals surface area contributed by atoms with E-state index in [2.05, 4.69) is 16.0 Å². The van der Waals surface area contributed by atoms with Crippen LogP contribution in [-0.2, 0) is 9.59 Å². The Morgan fingerprint density at radius 1 is 0.825 bits per heavy atom. The Morgan fingerprint density at radius 2 is 1.52 bits per heavy atom. The van der Waals surface area contributed by atoms with Crippen LogP contribution < -0.4 is 16.0 Å². The molecule has 0 aliphatic heterocycles. The molecule has 0 saturated heterocycles. The van der Waals surface area contributed by atoms with Crippen molar-refractivity contribution < 1.29 is 18.8 Å². The number of halogens is 3. The van der Waals surface area contributed by atoms with Crippen molar-refractivity contribution in [2.75, 3.05) is 16.4 Å². The lowest BCUT2D eigenvalue weighted by Gasteiger charge is -2.12. The number of rotatable bonds is 9. The van der Waals surface area contributed by atoms with Crippen LogP contribution in [0.2, 0.25) is 10.0 Å². The summed E-state index contributed by atoms with van der Waals surface area (Å²) in [4.78, 5) is 39.0. The summed E-state index contributed by atoms with van der Waals surface area (Å²) in [6.45, 7) is 0. The SMILES string of the molecule is O=C(CSc1ccc(NC(=O)/C(=C/c2ccc(Cl)cc2Cl)NC(=O)c2ccccc2)cc1)Nc1ccccc1F. The fraction of sp³-hybridized carbons (Fsp3) is 0.0333. The zero-order valence-corrected chi connectivity index (χ0v) is 23.1. The zero-order chi connectivity index (χ0) is 28.5. The van der Waals surface area contributed by atoms with Gasteiger partial charge < -0.3 is 16.0 Å². The Balaban J connectivity index is 1.43. The van der Waals surface area contributed by atoms with E-state index in [-0.39, 0.29) is 23.0 Å². The normalized spacial score (nSPS) is 11.0. The summed E-state index contributed by atoms with van der Waals surface area (Å²) in [5.41, 5.74) is 1.43. The number of anilines is 2. The molecule has 0 aliphatic carbocycles. The van der Waals surface area contributed by atoms with Gasteiger partial charge in [0.1, 0.15) is 11.5 Å². The average molecular weight is 594 g/mol. The van der Waals surface area contributed by atoms with Gasteiger partial charge in [-0.3, -0.25) is 14.4 Å². The van der Waals surface area contributed by atoms with Crippen molar-refractivity contribution in [3.8, 4) is 0 Å². The molecule has 4 aromatic rings. The first-order valence-electron chi connectivity index (χ1n) is 11.9. The van der Waals surface area contributed by atoms with Crippen molar-refractivity contribution in [3.05, 3.63) is 130 Å². The van der Waals surface area contributed by atoms with Crippen LogP contribution in [-0.4, -0.2) is 23.5 Å². The highest BCUT2D eigenvalue weighted by atomic mass is 35.5. The Morgan fingerprint density at radius 3 is 2.23 bits per heavy atom. The first kappa shape index (κ1) is 28.9. The lowest BCUT2D eigenvalue weighted by atomic mass is 10.1. The predicted octanol–water partition coefficient (Wildman–Crippen LogP) is 7.27. The Hall–Kier alpha value is -4.11. The van der Waals surface area contributed by atoms with Crippen LogP contribution in [0.4, 0.5) is 15.8 Å². The van der Waals surface area contributed by atoms with Crippen LogP contribution in [0.1, 0.15) is 15.9 Å². The van der Waals surface area contributed by atoms with Gasteiger partial charge in [0.25, 0.3) is 11.8 Å². The fourth-order valence-electron chi connectivity index (χ4n) is 3.45. The second-order valence-electron chi connectivity index (χ2n) is 8.34. The summed E-state index contributed by atoms with van der Waals surface area (Å²) in [6, 6.07) is 26.0. The molecule has 3 amide bonds. The van der Waals surface area contributed by atoms with Crippen molar-refractivity contribution in [2.45, 2.75) is 4.90 Å². The van der Waals surface area contributed by atoms with Gasteiger partial charge in [-0.05, 0) is 72.3 Å². The lowest BCUT2D eigenvalue weighted by Crippen LogP contribution is -2.30. The summed E-state index contributed by atoms with van der Waals surface area (Å²) < 4.78 is 13.7. The van der Waals surface area contributed by atoms with Gasteiger partial charge >= 0.3 is 0 Å². The third-order valence-electron chi connectivity index (χ3n) is 5.42. The number of para-hydroxylation sites is 1. The molecule has 0 spiro atoms. The van der Waals surface area contributed by atoms with E-state index in [4.69, 9.17) is 23.2 Å². The van der Waals surface area contributed by atoms with Gasteiger partial charge in [0.05, 0.1) is 11.4 Å². The molecular formula is C30H22Cl2FN3O3S. The number of hydrogen-bond donors (Lipinski definition) is 3. The monoisotopic (exact) mass is 593 g/mol. The van der Waals surface area contributed by atoms with Gasteiger partial charge in [-0.1, -0.05) is 59.6 Å². The van der Waals surface area contributed by atoms with Gasteiger partial charge in [-0.15, -0.1) is 11.8 Å². The molecule has 40 heavy (non-hydrogen) atoms. The Labute approximate surface area is 244 Å². The standard InChI is InChI=1S/C30H22Cl2FN3O3S/c31-21-11-10-20(24(32)17-21)16-27(36-29(38)19-6-2-1-3-7-19)30(39)34-22-12-14-23(15-13-22)40-18-28(37)35-26-9-5-4-8-25(26)33/h1-17H,18H2,(H,34,39)(H,35,37)(H,36,38)/b27-16-. The lowest BCUT2D eigenvalue weighted by molar-refractivity contribution is -0.114. The van der Waals surface area contributed by atoms with Crippen molar-refractivity contribution in [1.29, 1.82) is 0 Å². The Bertz CT molecular complexity index is 1560. The van der Waals surface area contributed by atoms with Crippen molar-refractivity contribution >= 4 is 70.1 Å². The summed E-state index contributed by atoms with van der Waals surface area (Å²) in [5.74, 6) is -1.82. The molecule has 4 aromatic carbocycles.